The minimum Gasteiger partial charge on any atom is -0.369 e. The predicted molar refractivity (Wildman–Crippen MR) is 89.0 cm³/mol. The van der Waals surface area contributed by atoms with Gasteiger partial charge in [0, 0.05) is 35.6 Å². The molecule has 3 aliphatic heterocycles. The third-order valence-electron chi connectivity index (χ3n) is 4.55. The summed E-state index contributed by atoms with van der Waals surface area (Å²) in [4.78, 5) is 19.0. The van der Waals surface area contributed by atoms with Gasteiger partial charge in [-0.2, -0.15) is 0 Å². The van der Waals surface area contributed by atoms with Crippen LogP contribution < -0.4 is 0 Å². The summed E-state index contributed by atoms with van der Waals surface area (Å²) in [7, 11) is 0. The average molecular weight is 333 g/mol. The highest BCUT2D eigenvalue weighted by atomic mass is 35.5. The van der Waals surface area contributed by atoms with E-state index < -0.39 is 0 Å². The van der Waals surface area contributed by atoms with Gasteiger partial charge in [0.15, 0.2) is 5.78 Å². The van der Waals surface area contributed by atoms with Crippen molar-refractivity contribution in [3.63, 3.8) is 0 Å². The SMILES string of the molecule is O=C1/C(=C/c2ccnc3c(Cl)cc(Cl)cc23)N2CCC1CC2. The van der Waals surface area contributed by atoms with Crippen LogP contribution in [-0.4, -0.2) is 28.8 Å². The van der Waals surface area contributed by atoms with Gasteiger partial charge in [0.1, 0.15) is 0 Å². The van der Waals surface area contributed by atoms with Crippen molar-refractivity contribution in [3.8, 4) is 0 Å². The minimum atomic E-state index is 0.191. The number of hydrogen-bond acceptors (Lipinski definition) is 3. The number of carbonyl (C=O) groups is 1. The summed E-state index contributed by atoms with van der Waals surface area (Å²) in [6.45, 7) is 1.93. The quantitative estimate of drug-likeness (QED) is 0.734. The Morgan fingerprint density at radius 3 is 2.73 bits per heavy atom. The number of aromatic nitrogens is 1. The van der Waals surface area contributed by atoms with Crippen LogP contribution in [0.15, 0.2) is 30.1 Å². The lowest BCUT2D eigenvalue weighted by Gasteiger charge is -2.41. The van der Waals surface area contributed by atoms with Crippen LogP contribution in [0.1, 0.15) is 18.4 Å². The van der Waals surface area contributed by atoms with Gasteiger partial charge in [-0.25, -0.2) is 0 Å². The number of pyridine rings is 1. The molecule has 2 aromatic rings. The highest BCUT2D eigenvalue weighted by molar-refractivity contribution is 6.38. The molecule has 0 saturated carbocycles. The first kappa shape index (κ1) is 14.0. The number of ketones is 1. The molecule has 0 atom stereocenters. The minimum absolute atomic E-state index is 0.191. The maximum atomic E-state index is 12.5. The van der Waals surface area contributed by atoms with Crippen molar-refractivity contribution >= 4 is 46.0 Å². The maximum absolute atomic E-state index is 12.5. The number of carbonyl (C=O) groups excluding carboxylic acids is 1. The van der Waals surface area contributed by atoms with Crippen LogP contribution in [0.2, 0.25) is 10.0 Å². The summed E-state index contributed by atoms with van der Waals surface area (Å²) in [6.07, 6.45) is 5.63. The normalized spacial score (nSPS) is 20.4. The van der Waals surface area contributed by atoms with E-state index in [1.165, 1.54) is 0 Å². The van der Waals surface area contributed by atoms with Crippen molar-refractivity contribution < 1.29 is 4.79 Å². The highest BCUT2D eigenvalue weighted by Crippen LogP contribution is 2.34. The Balaban J connectivity index is 1.88. The van der Waals surface area contributed by atoms with Crippen molar-refractivity contribution in [2.75, 3.05) is 13.1 Å². The van der Waals surface area contributed by atoms with Gasteiger partial charge >= 0.3 is 0 Å². The molecule has 0 N–H and O–H groups in total. The summed E-state index contributed by atoms with van der Waals surface area (Å²) < 4.78 is 0. The number of piperidine rings is 3. The number of halogens is 2. The first-order valence-electron chi connectivity index (χ1n) is 7.38. The molecule has 0 aliphatic carbocycles. The van der Waals surface area contributed by atoms with Crippen molar-refractivity contribution in [1.29, 1.82) is 0 Å². The lowest BCUT2D eigenvalue weighted by atomic mass is 9.84. The Morgan fingerprint density at radius 1 is 1.23 bits per heavy atom. The monoisotopic (exact) mass is 332 g/mol. The zero-order valence-electron chi connectivity index (χ0n) is 11.9. The van der Waals surface area contributed by atoms with Gasteiger partial charge in [-0.3, -0.25) is 9.78 Å². The molecule has 1 aromatic carbocycles. The molecule has 3 nitrogen and oxygen atoms in total. The van der Waals surface area contributed by atoms with E-state index in [1.54, 1.807) is 12.3 Å². The van der Waals surface area contributed by atoms with Gasteiger partial charge in [-0.05, 0) is 42.7 Å². The first-order valence-corrected chi connectivity index (χ1v) is 8.14. The molecule has 3 aliphatic rings. The summed E-state index contributed by atoms with van der Waals surface area (Å²) in [5, 5.41) is 1.98. The van der Waals surface area contributed by atoms with Crippen molar-refractivity contribution in [2.24, 2.45) is 5.92 Å². The topological polar surface area (TPSA) is 33.2 Å². The molecule has 5 rings (SSSR count). The van der Waals surface area contributed by atoms with Crippen LogP contribution in [0.5, 0.6) is 0 Å². The fraction of sp³-hybridized carbons (Fsp3) is 0.294. The molecule has 3 saturated heterocycles. The number of nitrogens with zero attached hydrogens (tertiary/aromatic N) is 2. The second-order valence-electron chi connectivity index (χ2n) is 5.84. The van der Waals surface area contributed by atoms with Crippen LogP contribution in [0, 0.1) is 5.92 Å². The molecule has 5 heteroatoms. The molecular weight excluding hydrogens is 319 g/mol. The lowest BCUT2D eigenvalue weighted by Crippen LogP contribution is -2.45. The van der Waals surface area contributed by atoms with Crippen molar-refractivity contribution in [2.45, 2.75) is 12.8 Å². The molecule has 112 valence electrons. The summed E-state index contributed by atoms with van der Waals surface area (Å²) in [5.74, 6) is 0.451. The molecule has 3 fully saturated rings. The van der Waals surface area contributed by atoms with E-state index in [0.717, 1.165) is 42.6 Å². The molecule has 0 spiro atoms. The Bertz CT molecular complexity index is 808. The zero-order valence-corrected chi connectivity index (χ0v) is 13.4. The number of fused-ring (bicyclic) bond motifs is 4. The molecule has 2 bridgehead atoms. The van der Waals surface area contributed by atoms with Crippen LogP contribution in [0.25, 0.3) is 17.0 Å². The van der Waals surface area contributed by atoms with Crippen LogP contribution in [0.4, 0.5) is 0 Å². The van der Waals surface area contributed by atoms with E-state index in [9.17, 15) is 4.79 Å². The van der Waals surface area contributed by atoms with Crippen LogP contribution in [0.3, 0.4) is 0 Å². The van der Waals surface area contributed by atoms with Gasteiger partial charge in [0.25, 0.3) is 0 Å². The summed E-state index contributed by atoms with van der Waals surface area (Å²) in [6, 6.07) is 5.44. The van der Waals surface area contributed by atoms with Gasteiger partial charge in [0.2, 0.25) is 0 Å². The summed E-state index contributed by atoms with van der Waals surface area (Å²) >= 11 is 12.3. The summed E-state index contributed by atoms with van der Waals surface area (Å²) in [5.41, 5.74) is 2.46. The smallest absolute Gasteiger partial charge is 0.182 e. The third-order valence-corrected chi connectivity index (χ3v) is 5.05. The van der Waals surface area contributed by atoms with Crippen LogP contribution in [-0.2, 0) is 4.79 Å². The highest BCUT2D eigenvalue weighted by Gasteiger charge is 2.36. The van der Waals surface area contributed by atoms with E-state index >= 15 is 0 Å². The Kier molecular flexibility index (Phi) is 3.35. The molecule has 0 radical (unpaired) electrons. The molecule has 0 amide bonds. The van der Waals surface area contributed by atoms with Crippen molar-refractivity contribution in [3.05, 3.63) is 45.7 Å². The molecule has 4 heterocycles. The number of benzene rings is 1. The Labute approximate surface area is 138 Å². The molecule has 0 unspecified atom stereocenters. The Hall–Kier alpha value is -1.58. The number of hydrogen-bond donors (Lipinski definition) is 0. The number of Topliss-reactive ketones (excluding diaryl/α,β-unsaturated/α-hetero) is 1. The van der Waals surface area contributed by atoms with Gasteiger partial charge in [-0.15, -0.1) is 0 Å². The molecule has 1 aromatic heterocycles. The van der Waals surface area contributed by atoms with E-state index in [2.05, 4.69) is 9.88 Å². The van der Waals surface area contributed by atoms with E-state index in [-0.39, 0.29) is 11.7 Å². The van der Waals surface area contributed by atoms with E-state index in [4.69, 9.17) is 23.2 Å². The first-order chi connectivity index (χ1) is 10.6. The van der Waals surface area contributed by atoms with Crippen LogP contribution >= 0.6 is 23.2 Å². The van der Waals surface area contributed by atoms with Crippen molar-refractivity contribution in [1.82, 2.24) is 9.88 Å². The Morgan fingerprint density at radius 2 is 2.00 bits per heavy atom. The zero-order chi connectivity index (χ0) is 15.3. The number of rotatable bonds is 1. The van der Waals surface area contributed by atoms with Gasteiger partial charge in [-0.1, -0.05) is 23.2 Å². The number of allylic oxidation sites excluding steroid dienone is 1. The fourth-order valence-electron chi connectivity index (χ4n) is 3.38. The largest absolute Gasteiger partial charge is 0.369 e. The standard InChI is InChI=1S/C17H14Cl2N2O/c18-12-8-13-11(1-4-20-16(13)14(19)9-12)7-15-17(22)10-2-5-21(15)6-3-10/h1,4,7-10H,2-3,5-6H2/b15-7-. The van der Waals surface area contributed by atoms with E-state index in [1.807, 2.05) is 18.2 Å². The second kappa shape index (κ2) is 5.25. The van der Waals surface area contributed by atoms with E-state index in [0.29, 0.717) is 15.6 Å². The molecule has 22 heavy (non-hydrogen) atoms. The van der Waals surface area contributed by atoms with Gasteiger partial charge in [0.05, 0.1) is 16.2 Å². The van der Waals surface area contributed by atoms with Gasteiger partial charge < -0.3 is 4.90 Å². The maximum Gasteiger partial charge on any atom is 0.182 e. The third kappa shape index (κ3) is 2.20. The lowest BCUT2D eigenvalue weighted by molar-refractivity contribution is -0.125. The average Bonchev–Trinajstić information content (AvgIpc) is 2.52. The molecular formula is C17H14Cl2N2O. The predicted octanol–water partition coefficient (Wildman–Crippen LogP) is 4.18. The fourth-order valence-corrected chi connectivity index (χ4v) is 3.92. The second-order valence-corrected chi connectivity index (χ2v) is 6.68.